The highest BCUT2D eigenvalue weighted by Crippen LogP contribution is 2.47. The summed E-state index contributed by atoms with van der Waals surface area (Å²) >= 11 is 9.58. The molecule has 1 atom stereocenters. The molecule has 0 aliphatic rings. The van der Waals surface area contributed by atoms with Gasteiger partial charge in [0.05, 0.1) is 34.3 Å². The van der Waals surface area contributed by atoms with Gasteiger partial charge in [-0.25, -0.2) is 16.8 Å². The van der Waals surface area contributed by atoms with E-state index in [0.717, 1.165) is 42.5 Å². The number of aromatic nitrogens is 3. The molecule has 6 aromatic carbocycles. The number of aryl methyl sites for hydroxylation is 2. The Labute approximate surface area is 477 Å². The van der Waals surface area contributed by atoms with E-state index in [-0.39, 0.29) is 57.9 Å². The molecule has 0 bridgehead atoms. The molecule has 0 saturated heterocycles. The SMILES string of the molecule is C=C.Cc1cc(Nc2nc(Cl)nc(Nc3ccc(C)c(N=Nc4c(S(=O)(=O)O)cc5c(S(=O)(=O)O)c(NC(=O)CS(=O)OCCCl)ccc5c4O)c3)n2)c2c(O)c(N=Nc3ccc(S(=O)(=O)COS(=O)(=O)O)cc3)c(S(=O)(=O)O)cc2c1. The third-order valence-electron chi connectivity index (χ3n) is 10.5. The van der Waals surface area contributed by atoms with E-state index in [0.29, 0.717) is 17.2 Å². The molecular formula is C44H40Cl2N10O20S6. The summed E-state index contributed by atoms with van der Waals surface area (Å²) < 4.78 is 183. The minimum absolute atomic E-state index is 0.00483. The fraction of sp³-hybridized carbons (Fsp3) is 0.136. The standard InChI is InChI=1S/C42H36Cl2N10O20S6.C2H4/c1-20-13-22-15-31(77(61,62)63)36(53-51-23-5-7-25(8-6-23)76(59,60)19-74-80(70,71)72)38(57)34(22)30(14-20)47-42-49-40(44)48-41(50-42)45-24-4-3-21(2)29(16-24)52-54-35-32(78(64,65)66)17-27-26(37(35)56)9-10-28(39(27)79(67,68)69)46-33(55)18-75(58)73-12-11-43;1-2/h3-10,13-17,56-57H,11-12,18-19H2,1-2H3,(H,46,55)(H,61,62,63)(H,64,65,66)(H,67,68,69)(H,70,71,72)(H2,45,47,48,49,50);1-2H2. The zero-order valence-electron chi connectivity index (χ0n) is 41.5. The normalized spacial score (nSPS) is 12.8. The third-order valence-corrected chi connectivity index (χ3v) is 16.4. The summed E-state index contributed by atoms with van der Waals surface area (Å²) in [4.78, 5) is 21.4. The summed E-state index contributed by atoms with van der Waals surface area (Å²) in [6.07, 6.45) is 0. The molecule has 1 amide bonds. The van der Waals surface area contributed by atoms with Gasteiger partial charge in [0.2, 0.25) is 32.9 Å². The van der Waals surface area contributed by atoms with Crippen LogP contribution in [0.25, 0.3) is 21.5 Å². The van der Waals surface area contributed by atoms with Crippen LogP contribution in [0.2, 0.25) is 5.28 Å². The Morgan fingerprint density at radius 3 is 1.91 bits per heavy atom. The number of anilines is 5. The highest BCUT2D eigenvalue weighted by atomic mass is 35.5. The molecule has 0 spiro atoms. The van der Waals surface area contributed by atoms with Crippen molar-refractivity contribution in [2.75, 3.05) is 40.1 Å². The topological polar surface area (TPSA) is 469 Å². The minimum atomic E-state index is -5.41. The predicted molar refractivity (Wildman–Crippen MR) is 297 cm³/mol. The summed E-state index contributed by atoms with van der Waals surface area (Å²) in [6.45, 7) is 8.95. The Morgan fingerprint density at radius 1 is 0.695 bits per heavy atom. The fourth-order valence-electron chi connectivity index (χ4n) is 7.18. The first-order valence-corrected chi connectivity index (χ1v) is 31.5. The van der Waals surface area contributed by atoms with Gasteiger partial charge in [-0.1, -0.05) is 12.1 Å². The van der Waals surface area contributed by atoms with Gasteiger partial charge < -0.3 is 26.2 Å². The van der Waals surface area contributed by atoms with Gasteiger partial charge in [-0.2, -0.15) is 58.9 Å². The van der Waals surface area contributed by atoms with Gasteiger partial charge in [-0.3, -0.25) is 27.2 Å². The van der Waals surface area contributed by atoms with E-state index < -0.39 is 143 Å². The van der Waals surface area contributed by atoms with E-state index >= 15 is 0 Å². The van der Waals surface area contributed by atoms with Gasteiger partial charge in [-0.05, 0) is 109 Å². The van der Waals surface area contributed by atoms with Crippen LogP contribution in [0, 0.1) is 13.8 Å². The van der Waals surface area contributed by atoms with Crippen molar-refractivity contribution in [1.29, 1.82) is 0 Å². The number of carbonyl (C=O) groups excluding carboxylic acids is 1. The molecule has 1 unspecified atom stereocenters. The highest BCUT2D eigenvalue weighted by molar-refractivity contribution is 7.92. The number of phenols is 2. The Kier molecular flexibility index (Phi) is 19.8. The van der Waals surface area contributed by atoms with Gasteiger partial charge in [0.25, 0.3) is 30.4 Å². The second-order valence-corrected chi connectivity index (χ2v) is 25.2. The van der Waals surface area contributed by atoms with E-state index in [4.69, 9.17) is 31.9 Å². The first-order chi connectivity index (χ1) is 38.2. The van der Waals surface area contributed by atoms with Gasteiger partial charge in [-0.15, -0.1) is 35.0 Å². The van der Waals surface area contributed by atoms with Gasteiger partial charge in [0, 0.05) is 27.7 Å². The molecule has 0 fully saturated rings. The van der Waals surface area contributed by atoms with E-state index in [1.54, 1.807) is 13.8 Å². The van der Waals surface area contributed by atoms with Crippen LogP contribution in [0.5, 0.6) is 11.5 Å². The number of rotatable bonds is 21. The number of halogens is 2. The number of hydrogen-bond acceptors (Lipinski definition) is 25. The first kappa shape index (κ1) is 63.9. The Bertz CT molecular complexity index is 4390. The maximum Gasteiger partial charge on any atom is 0.398 e. The van der Waals surface area contributed by atoms with E-state index in [2.05, 4.69) is 68.7 Å². The first-order valence-electron chi connectivity index (χ1n) is 22.0. The lowest BCUT2D eigenvalue weighted by molar-refractivity contribution is -0.113. The van der Waals surface area contributed by atoms with Crippen molar-refractivity contribution >= 4 is 164 Å². The van der Waals surface area contributed by atoms with Crippen LogP contribution in [-0.2, 0) is 74.8 Å². The zero-order chi connectivity index (χ0) is 60.9. The average molecular weight is 1290 g/mol. The number of benzene rings is 6. The molecular weight excluding hydrogens is 1250 g/mol. The molecule has 1 aromatic heterocycles. The maximum atomic E-state index is 12.8. The van der Waals surface area contributed by atoms with Crippen molar-refractivity contribution in [1.82, 2.24) is 15.0 Å². The number of azo groups is 2. The molecule has 0 radical (unpaired) electrons. The summed E-state index contributed by atoms with van der Waals surface area (Å²) in [6, 6.07) is 14.8. The lowest BCUT2D eigenvalue weighted by atomic mass is 10.0. The van der Waals surface area contributed by atoms with Crippen molar-refractivity contribution in [3.05, 3.63) is 108 Å². The van der Waals surface area contributed by atoms with Crippen LogP contribution in [0.4, 0.5) is 51.7 Å². The Hall–Kier alpha value is -7.30. The summed E-state index contributed by atoms with van der Waals surface area (Å²) in [7, 11) is -25.4. The van der Waals surface area contributed by atoms with Gasteiger partial charge >= 0.3 is 10.4 Å². The molecule has 436 valence electrons. The maximum absolute atomic E-state index is 12.8. The number of aromatic hydroxyl groups is 2. The van der Waals surface area contributed by atoms with E-state index in [1.807, 2.05) is 0 Å². The quantitative estimate of drug-likeness (QED) is 0.0142. The van der Waals surface area contributed by atoms with Crippen LogP contribution < -0.4 is 16.0 Å². The van der Waals surface area contributed by atoms with Crippen LogP contribution in [0.3, 0.4) is 0 Å². The zero-order valence-corrected chi connectivity index (χ0v) is 47.9. The number of fused-ring (bicyclic) bond motifs is 2. The summed E-state index contributed by atoms with van der Waals surface area (Å²) in [5, 5.41) is 44.8. The number of nitrogens with zero attached hydrogens (tertiary/aromatic N) is 7. The van der Waals surface area contributed by atoms with Crippen molar-refractivity contribution in [2.24, 2.45) is 20.5 Å². The average Bonchev–Trinajstić information content (AvgIpc) is 3.54. The van der Waals surface area contributed by atoms with Crippen LogP contribution in [-0.4, -0.2) is 120 Å². The number of phenolic OH excluding ortho intramolecular Hbond substituents is 2. The second-order valence-electron chi connectivity index (χ2n) is 16.2. The van der Waals surface area contributed by atoms with Gasteiger partial charge in [0.15, 0.2) is 28.5 Å². The monoisotopic (exact) mass is 1290 g/mol. The molecule has 82 heavy (non-hydrogen) atoms. The predicted octanol–water partition coefficient (Wildman–Crippen LogP) is 8.13. The van der Waals surface area contributed by atoms with Crippen LogP contribution in [0.15, 0.2) is 132 Å². The second kappa shape index (κ2) is 25.5. The minimum Gasteiger partial charge on any atom is -0.505 e. The largest absolute Gasteiger partial charge is 0.505 e. The summed E-state index contributed by atoms with van der Waals surface area (Å²) in [5.41, 5.74) is -1.49. The lowest BCUT2D eigenvalue weighted by Gasteiger charge is -2.15. The smallest absolute Gasteiger partial charge is 0.398 e. The van der Waals surface area contributed by atoms with Crippen molar-refractivity contribution in [2.45, 2.75) is 33.4 Å². The number of alkyl halides is 1. The molecule has 1 heterocycles. The Balaban J connectivity index is 0.00000535. The molecule has 38 heteroatoms. The molecule has 9 N–H and O–H groups in total. The summed E-state index contributed by atoms with van der Waals surface area (Å²) in [5.74, 6) is -5.85. The number of nitrogens with one attached hydrogen (secondary N) is 3. The number of amides is 1. The highest BCUT2D eigenvalue weighted by Gasteiger charge is 2.30. The van der Waals surface area contributed by atoms with Crippen molar-refractivity contribution in [3.8, 4) is 11.5 Å². The van der Waals surface area contributed by atoms with Crippen molar-refractivity contribution < 1.29 is 87.9 Å². The fourth-order valence-corrected chi connectivity index (χ4v) is 12.0. The third kappa shape index (κ3) is 15.8. The van der Waals surface area contributed by atoms with Gasteiger partial charge in [0.1, 0.15) is 31.8 Å². The molecule has 7 aromatic rings. The lowest BCUT2D eigenvalue weighted by Crippen LogP contribution is -2.22. The molecule has 0 saturated carbocycles. The van der Waals surface area contributed by atoms with E-state index in [9.17, 15) is 75.0 Å². The number of hydrogen-bond donors (Lipinski definition) is 9. The van der Waals surface area contributed by atoms with Crippen LogP contribution >= 0.6 is 23.2 Å². The Morgan fingerprint density at radius 2 is 1.30 bits per heavy atom. The van der Waals surface area contributed by atoms with Crippen LogP contribution in [0.1, 0.15) is 11.1 Å². The number of carbonyl (C=O) groups is 1. The number of sulfone groups is 1. The molecule has 0 aliphatic heterocycles. The molecule has 7 rings (SSSR count). The van der Waals surface area contributed by atoms with Crippen molar-refractivity contribution in [3.63, 3.8) is 0 Å². The van der Waals surface area contributed by atoms with E-state index in [1.165, 1.54) is 30.3 Å². The molecule has 0 aliphatic carbocycles. The molecule has 30 nitrogen and oxygen atoms in total.